The molecule has 39 heavy (non-hydrogen) atoms. The first kappa shape index (κ1) is 26.9. The number of fused-ring (bicyclic) bond motifs is 2. The van der Waals surface area contributed by atoms with Gasteiger partial charge in [0.1, 0.15) is 22.5 Å². The molecule has 1 N–H and O–H groups in total. The SMILES string of the molecule is C=CCNC(=O)c1cc2ccc(OC(=O)CCCCCN3C(=O)c4cccc([N+](=O)[O-])c4C3=O)cc2oc1=O. The van der Waals surface area contributed by atoms with Gasteiger partial charge in [-0.05, 0) is 37.1 Å². The van der Waals surface area contributed by atoms with Gasteiger partial charge in [-0.2, -0.15) is 0 Å². The van der Waals surface area contributed by atoms with E-state index in [1.54, 1.807) is 6.07 Å². The average molecular weight is 533 g/mol. The third-order valence-corrected chi connectivity index (χ3v) is 6.03. The molecular formula is C27H23N3O9. The quantitative estimate of drug-likeness (QED) is 0.0568. The molecule has 3 amide bonds. The van der Waals surface area contributed by atoms with Crippen LogP contribution in [0.2, 0.25) is 0 Å². The van der Waals surface area contributed by atoms with E-state index in [0.717, 1.165) is 4.90 Å². The Hall–Kier alpha value is -5.13. The zero-order chi connectivity index (χ0) is 28.1. The highest BCUT2D eigenvalue weighted by Gasteiger charge is 2.40. The zero-order valence-electron chi connectivity index (χ0n) is 20.6. The summed E-state index contributed by atoms with van der Waals surface area (Å²) in [5.74, 6) is -2.24. The summed E-state index contributed by atoms with van der Waals surface area (Å²) in [5.41, 5.74) is -1.44. The van der Waals surface area contributed by atoms with Crippen LogP contribution in [0.15, 0.2) is 64.3 Å². The fraction of sp³-hybridized carbons (Fsp3) is 0.222. The molecule has 2 heterocycles. The Morgan fingerprint density at radius 2 is 1.87 bits per heavy atom. The van der Waals surface area contributed by atoms with E-state index < -0.39 is 39.9 Å². The number of nitrogens with one attached hydrogen (secondary N) is 1. The summed E-state index contributed by atoms with van der Waals surface area (Å²) in [6, 6.07) is 9.76. The van der Waals surface area contributed by atoms with Crippen LogP contribution in [0.4, 0.5) is 5.69 Å². The maximum absolute atomic E-state index is 12.6. The standard InChI is InChI=1S/C27H23N3O9/c1-2-12-28-24(32)19-14-16-10-11-17(15-21(16)39-27(19)35)38-22(31)9-4-3-5-13-29-25(33)18-7-6-8-20(30(36)37)23(18)26(29)34/h2,6-8,10-11,14-15H,1,3-5,9,12-13H2,(H,28,32). The Morgan fingerprint density at radius 3 is 2.62 bits per heavy atom. The molecular weight excluding hydrogens is 510 g/mol. The largest absolute Gasteiger partial charge is 0.426 e. The van der Waals surface area contributed by atoms with Gasteiger partial charge < -0.3 is 14.5 Å². The topological polar surface area (TPSA) is 166 Å². The van der Waals surface area contributed by atoms with Crippen LogP contribution in [-0.2, 0) is 4.79 Å². The molecule has 3 aromatic rings. The molecule has 12 nitrogen and oxygen atoms in total. The Kier molecular flexibility index (Phi) is 7.94. The summed E-state index contributed by atoms with van der Waals surface area (Å²) in [5, 5.41) is 14.2. The number of nitro groups is 1. The number of nitrogens with zero attached hydrogens (tertiary/aromatic N) is 2. The molecule has 200 valence electrons. The number of carbonyl (C=O) groups is 4. The highest BCUT2D eigenvalue weighted by molar-refractivity contribution is 6.23. The fourth-order valence-corrected chi connectivity index (χ4v) is 4.14. The third kappa shape index (κ3) is 5.74. The monoisotopic (exact) mass is 533 g/mol. The average Bonchev–Trinajstić information content (AvgIpc) is 3.15. The van der Waals surface area contributed by atoms with E-state index in [2.05, 4.69) is 11.9 Å². The predicted molar refractivity (Wildman–Crippen MR) is 138 cm³/mol. The van der Waals surface area contributed by atoms with Gasteiger partial charge in [0.15, 0.2) is 0 Å². The summed E-state index contributed by atoms with van der Waals surface area (Å²) in [7, 11) is 0. The Labute approximate surface area is 221 Å². The molecule has 0 bridgehead atoms. The number of hydrogen-bond acceptors (Lipinski definition) is 9. The highest BCUT2D eigenvalue weighted by Crippen LogP contribution is 2.31. The van der Waals surface area contributed by atoms with E-state index in [9.17, 15) is 34.1 Å². The van der Waals surface area contributed by atoms with Crippen LogP contribution >= 0.6 is 0 Å². The summed E-state index contributed by atoms with van der Waals surface area (Å²) < 4.78 is 10.5. The molecule has 0 atom stereocenters. The van der Waals surface area contributed by atoms with Crippen LogP contribution in [-0.4, -0.2) is 46.6 Å². The lowest BCUT2D eigenvalue weighted by Crippen LogP contribution is -2.30. The van der Waals surface area contributed by atoms with E-state index in [1.807, 2.05) is 0 Å². The second-order valence-electron chi connectivity index (χ2n) is 8.65. The minimum atomic E-state index is -0.833. The Morgan fingerprint density at radius 1 is 1.08 bits per heavy atom. The third-order valence-electron chi connectivity index (χ3n) is 6.03. The lowest BCUT2D eigenvalue weighted by molar-refractivity contribution is -0.385. The molecule has 0 fully saturated rings. The van der Waals surface area contributed by atoms with Gasteiger partial charge in [0, 0.05) is 37.0 Å². The number of nitro benzene ring substituents is 1. The maximum Gasteiger partial charge on any atom is 0.349 e. The minimum Gasteiger partial charge on any atom is -0.426 e. The number of unbranched alkanes of at least 4 members (excludes halogenated alkanes) is 2. The molecule has 1 aliphatic rings. The van der Waals surface area contributed by atoms with Crippen LogP contribution in [0.1, 0.15) is 56.8 Å². The zero-order valence-corrected chi connectivity index (χ0v) is 20.6. The van der Waals surface area contributed by atoms with E-state index >= 15 is 0 Å². The van der Waals surface area contributed by atoms with E-state index in [0.29, 0.717) is 24.6 Å². The van der Waals surface area contributed by atoms with Crippen LogP contribution in [0, 0.1) is 10.1 Å². The van der Waals surface area contributed by atoms with Crippen molar-refractivity contribution in [2.45, 2.75) is 25.7 Å². The van der Waals surface area contributed by atoms with Gasteiger partial charge in [0.2, 0.25) is 0 Å². The molecule has 2 aromatic carbocycles. The summed E-state index contributed by atoms with van der Waals surface area (Å²) in [6.07, 6.45) is 2.84. The number of benzene rings is 2. The van der Waals surface area contributed by atoms with Gasteiger partial charge >= 0.3 is 11.6 Å². The van der Waals surface area contributed by atoms with Crippen molar-refractivity contribution in [3.8, 4) is 5.75 Å². The second-order valence-corrected chi connectivity index (χ2v) is 8.65. The minimum absolute atomic E-state index is 0.0104. The summed E-state index contributed by atoms with van der Waals surface area (Å²) >= 11 is 0. The van der Waals surface area contributed by atoms with Crippen molar-refractivity contribution in [3.63, 3.8) is 0 Å². The number of ether oxygens (including phenoxy) is 1. The van der Waals surface area contributed by atoms with Gasteiger partial charge in [0.25, 0.3) is 23.4 Å². The summed E-state index contributed by atoms with van der Waals surface area (Å²) in [6.45, 7) is 3.75. The van der Waals surface area contributed by atoms with Crippen molar-refractivity contribution in [1.82, 2.24) is 10.2 Å². The molecule has 1 aromatic heterocycles. The molecule has 4 rings (SSSR count). The van der Waals surface area contributed by atoms with E-state index in [4.69, 9.17) is 9.15 Å². The van der Waals surface area contributed by atoms with Crippen molar-refractivity contribution < 1.29 is 33.3 Å². The van der Waals surface area contributed by atoms with Crippen LogP contribution in [0.5, 0.6) is 5.75 Å². The first-order chi connectivity index (χ1) is 18.7. The van der Waals surface area contributed by atoms with Crippen molar-refractivity contribution in [2.75, 3.05) is 13.1 Å². The van der Waals surface area contributed by atoms with Crippen LogP contribution in [0.3, 0.4) is 0 Å². The van der Waals surface area contributed by atoms with Crippen LogP contribution < -0.4 is 15.7 Å². The highest BCUT2D eigenvalue weighted by atomic mass is 16.6. The fourth-order valence-electron chi connectivity index (χ4n) is 4.14. The normalized spacial score (nSPS) is 12.4. The molecule has 0 saturated carbocycles. The predicted octanol–water partition coefficient (Wildman–Crippen LogP) is 3.38. The lowest BCUT2D eigenvalue weighted by atomic mass is 10.1. The maximum atomic E-state index is 12.6. The number of amides is 3. The lowest BCUT2D eigenvalue weighted by Gasteiger charge is -2.13. The first-order valence-corrected chi connectivity index (χ1v) is 12.0. The van der Waals surface area contributed by atoms with Crippen molar-refractivity contribution in [1.29, 1.82) is 0 Å². The first-order valence-electron chi connectivity index (χ1n) is 12.0. The number of rotatable bonds is 11. The van der Waals surface area contributed by atoms with Gasteiger partial charge in [-0.25, -0.2) is 4.79 Å². The summed E-state index contributed by atoms with van der Waals surface area (Å²) in [4.78, 5) is 73.1. The molecule has 0 aliphatic carbocycles. The molecule has 0 saturated heterocycles. The van der Waals surface area contributed by atoms with E-state index in [1.165, 1.54) is 42.5 Å². The van der Waals surface area contributed by atoms with Crippen molar-refractivity contribution in [2.24, 2.45) is 0 Å². The number of hydrogen-bond donors (Lipinski definition) is 1. The van der Waals surface area contributed by atoms with Crippen molar-refractivity contribution >= 4 is 40.3 Å². The molecule has 0 unspecified atom stereocenters. The second kappa shape index (κ2) is 11.5. The number of esters is 1. The molecule has 0 spiro atoms. The Bertz CT molecular complexity index is 1570. The number of imide groups is 1. The molecule has 0 radical (unpaired) electrons. The number of carbonyl (C=O) groups excluding carboxylic acids is 4. The smallest absolute Gasteiger partial charge is 0.349 e. The Balaban J connectivity index is 1.27. The molecule has 12 heteroatoms. The van der Waals surface area contributed by atoms with Gasteiger partial charge in [-0.3, -0.25) is 34.2 Å². The van der Waals surface area contributed by atoms with Gasteiger partial charge in [-0.1, -0.05) is 18.6 Å². The van der Waals surface area contributed by atoms with Crippen LogP contribution in [0.25, 0.3) is 11.0 Å². The van der Waals surface area contributed by atoms with Gasteiger partial charge in [-0.15, -0.1) is 6.58 Å². The molecule has 1 aliphatic heterocycles. The van der Waals surface area contributed by atoms with Gasteiger partial charge in [0.05, 0.1) is 10.5 Å². The van der Waals surface area contributed by atoms with Crippen molar-refractivity contribution in [3.05, 3.63) is 92.3 Å². The van der Waals surface area contributed by atoms with E-state index in [-0.39, 0.29) is 47.5 Å².